The number of anilines is 1. The highest BCUT2D eigenvalue weighted by Gasteiger charge is 2.30. The summed E-state index contributed by atoms with van der Waals surface area (Å²) in [5.74, 6) is 0.958. The molecule has 4 rings (SSSR count). The number of alkyl halides is 3. The van der Waals surface area contributed by atoms with Gasteiger partial charge in [-0.1, -0.05) is 30.7 Å². The van der Waals surface area contributed by atoms with Gasteiger partial charge < -0.3 is 14.2 Å². The SMILES string of the molecule is CCc1cnc(N2CCC(Oc3cc(=O)n(Cc4cccc(C(F)(F)F)c4)cc3Cl)CC2)nc1. The van der Waals surface area contributed by atoms with E-state index in [-0.39, 0.29) is 23.4 Å². The van der Waals surface area contributed by atoms with E-state index < -0.39 is 17.3 Å². The average molecular weight is 493 g/mol. The lowest BCUT2D eigenvalue weighted by molar-refractivity contribution is -0.137. The average Bonchev–Trinajstić information content (AvgIpc) is 2.82. The second kappa shape index (κ2) is 10.0. The number of hydrogen-bond donors (Lipinski definition) is 0. The van der Waals surface area contributed by atoms with Crippen molar-refractivity contribution >= 4 is 17.5 Å². The van der Waals surface area contributed by atoms with Gasteiger partial charge in [-0.25, -0.2) is 9.97 Å². The van der Waals surface area contributed by atoms with Gasteiger partial charge in [0.1, 0.15) is 11.9 Å². The van der Waals surface area contributed by atoms with Gasteiger partial charge in [-0.2, -0.15) is 13.2 Å². The van der Waals surface area contributed by atoms with E-state index in [1.807, 2.05) is 12.4 Å². The second-order valence-electron chi connectivity index (χ2n) is 8.20. The lowest BCUT2D eigenvalue weighted by Gasteiger charge is -2.32. The summed E-state index contributed by atoms with van der Waals surface area (Å²) in [5, 5.41) is 0.229. The number of benzene rings is 1. The Labute approximate surface area is 200 Å². The van der Waals surface area contributed by atoms with E-state index >= 15 is 0 Å². The summed E-state index contributed by atoms with van der Waals surface area (Å²) in [6, 6.07) is 6.16. The molecule has 34 heavy (non-hydrogen) atoms. The Morgan fingerprint density at radius 2 is 1.82 bits per heavy atom. The maximum absolute atomic E-state index is 13.0. The molecule has 1 aromatic carbocycles. The number of aryl methyl sites for hydroxylation is 1. The van der Waals surface area contributed by atoms with Gasteiger partial charge in [-0.3, -0.25) is 4.79 Å². The van der Waals surface area contributed by atoms with Crippen molar-refractivity contribution in [2.75, 3.05) is 18.0 Å². The van der Waals surface area contributed by atoms with E-state index in [0.717, 1.165) is 24.1 Å². The van der Waals surface area contributed by atoms with Crippen LogP contribution in [-0.4, -0.2) is 33.7 Å². The molecule has 0 N–H and O–H groups in total. The number of ether oxygens (including phenoxy) is 1. The molecule has 3 heterocycles. The topological polar surface area (TPSA) is 60.3 Å². The summed E-state index contributed by atoms with van der Waals surface area (Å²) >= 11 is 6.35. The first-order valence-electron chi connectivity index (χ1n) is 11.0. The maximum atomic E-state index is 13.0. The molecule has 3 aromatic rings. The fourth-order valence-corrected chi connectivity index (χ4v) is 4.05. The Morgan fingerprint density at radius 1 is 1.12 bits per heavy atom. The van der Waals surface area contributed by atoms with E-state index in [1.54, 1.807) is 0 Å². The standard InChI is InChI=1S/C24H24ClF3N4O2/c1-2-16-12-29-23(30-13-16)31-8-6-19(7-9-31)34-21-11-22(33)32(15-20(21)25)14-17-4-3-5-18(10-17)24(26,27)28/h3-5,10-13,15,19H,2,6-9,14H2,1H3. The number of piperidine rings is 1. The van der Waals surface area contributed by atoms with E-state index in [2.05, 4.69) is 21.8 Å². The van der Waals surface area contributed by atoms with Gasteiger partial charge in [0.05, 0.1) is 17.1 Å². The molecule has 1 aliphatic rings. The number of halogens is 4. The predicted molar refractivity (Wildman–Crippen MR) is 124 cm³/mol. The Kier molecular flexibility index (Phi) is 7.11. The quantitative estimate of drug-likeness (QED) is 0.486. The molecule has 0 aliphatic carbocycles. The maximum Gasteiger partial charge on any atom is 0.416 e. The van der Waals surface area contributed by atoms with Gasteiger partial charge in [-0.15, -0.1) is 0 Å². The van der Waals surface area contributed by atoms with Crippen LogP contribution >= 0.6 is 11.6 Å². The molecular formula is C24H24ClF3N4O2. The van der Waals surface area contributed by atoms with Crippen LogP contribution in [0.25, 0.3) is 0 Å². The molecule has 2 aromatic heterocycles. The Balaban J connectivity index is 1.39. The highest BCUT2D eigenvalue weighted by Crippen LogP contribution is 2.30. The molecule has 0 spiro atoms. The molecule has 1 fully saturated rings. The highest BCUT2D eigenvalue weighted by molar-refractivity contribution is 6.31. The van der Waals surface area contributed by atoms with Crippen molar-refractivity contribution in [3.05, 3.63) is 81.0 Å². The Morgan fingerprint density at radius 3 is 2.47 bits per heavy atom. The Bertz CT molecular complexity index is 1190. The molecule has 6 nitrogen and oxygen atoms in total. The van der Waals surface area contributed by atoms with Crippen molar-refractivity contribution < 1.29 is 17.9 Å². The van der Waals surface area contributed by atoms with Gasteiger partial charge >= 0.3 is 6.18 Å². The minimum absolute atomic E-state index is 0.0298. The van der Waals surface area contributed by atoms with E-state index in [0.29, 0.717) is 37.4 Å². The summed E-state index contributed by atoms with van der Waals surface area (Å²) in [6.07, 6.45) is 2.80. The largest absolute Gasteiger partial charge is 0.488 e. The molecule has 180 valence electrons. The zero-order valence-electron chi connectivity index (χ0n) is 18.6. The summed E-state index contributed by atoms with van der Waals surface area (Å²) in [7, 11) is 0. The fraction of sp³-hybridized carbons (Fsp3) is 0.375. The number of pyridine rings is 1. The summed E-state index contributed by atoms with van der Waals surface area (Å²) in [6.45, 7) is 3.44. The third kappa shape index (κ3) is 5.70. The highest BCUT2D eigenvalue weighted by atomic mass is 35.5. The van der Waals surface area contributed by atoms with Crippen LogP contribution in [0.1, 0.15) is 36.5 Å². The van der Waals surface area contributed by atoms with Crippen molar-refractivity contribution in [1.29, 1.82) is 0 Å². The van der Waals surface area contributed by atoms with Crippen LogP contribution in [0.3, 0.4) is 0 Å². The minimum Gasteiger partial charge on any atom is -0.488 e. The molecule has 0 bridgehead atoms. The van der Waals surface area contributed by atoms with E-state index in [4.69, 9.17) is 16.3 Å². The Hall–Kier alpha value is -3.07. The van der Waals surface area contributed by atoms with Crippen molar-refractivity contribution in [1.82, 2.24) is 14.5 Å². The fourth-order valence-electron chi connectivity index (χ4n) is 3.83. The molecule has 0 saturated carbocycles. The minimum atomic E-state index is -4.45. The van der Waals surface area contributed by atoms with Crippen LogP contribution in [-0.2, 0) is 19.1 Å². The van der Waals surface area contributed by atoms with Gasteiger partial charge in [0, 0.05) is 50.6 Å². The molecule has 0 unspecified atom stereocenters. The van der Waals surface area contributed by atoms with Crippen molar-refractivity contribution in [2.24, 2.45) is 0 Å². The van der Waals surface area contributed by atoms with Crippen LogP contribution < -0.4 is 15.2 Å². The van der Waals surface area contributed by atoms with E-state index in [9.17, 15) is 18.0 Å². The molecule has 10 heteroatoms. The lowest BCUT2D eigenvalue weighted by atomic mass is 10.1. The molecule has 1 saturated heterocycles. The number of hydrogen-bond acceptors (Lipinski definition) is 5. The summed E-state index contributed by atoms with van der Waals surface area (Å²) in [4.78, 5) is 23.5. The third-order valence-corrected chi connectivity index (χ3v) is 6.05. The lowest BCUT2D eigenvalue weighted by Crippen LogP contribution is -2.39. The first kappa shape index (κ1) is 24.1. The smallest absolute Gasteiger partial charge is 0.416 e. The zero-order chi connectivity index (χ0) is 24.3. The van der Waals surface area contributed by atoms with Crippen LogP contribution in [0.15, 0.2) is 53.7 Å². The van der Waals surface area contributed by atoms with Crippen LogP contribution in [0.5, 0.6) is 5.75 Å². The molecule has 0 radical (unpaired) electrons. The zero-order valence-corrected chi connectivity index (χ0v) is 19.3. The van der Waals surface area contributed by atoms with Gasteiger partial charge in [0.25, 0.3) is 5.56 Å². The van der Waals surface area contributed by atoms with Gasteiger partial charge in [0.2, 0.25) is 5.95 Å². The molecule has 0 amide bonds. The van der Waals surface area contributed by atoms with Crippen molar-refractivity contribution in [3.8, 4) is 5.75 Å². The van der Waals surface area contributed by atoms with Gasteiger partial charge in [0.15, 0.2) is 0 Å². The monoisotopic (exact) mass is 492 g/mol. The molecule has 1 aliphatic heterocycles. The first-order chi connectivity index (χ1) is 16.2. The normalized spacial score (nSPS) is 14.9. The van der Waals surface area contributed by atoms with Gasteiger partial charge in [-0.05, 0) is 29.7 Å². The number of rotatable bonds is 6. The van der Waals surface area contributed by atoms with Crippen molar-refractivity contribution in [2.45, 2.75) is 45.0 Å². The molecular weight excluding hydrogens is 469 g/mol. The number of nitrogens with zero attached hydrogens (tertiary/aromatic N) is 4. The summed E-state index contributed by atoms with van der Waals surface area (Å²) in [5.41, 5.74) is 0.267. The first-order valence-corrected chi connectivity index (χ1v) is 11.4. The van der Waals surface area contributed by atoms with Crippen LogP contribution in [0, 0.1) is 0 Å². The van der Waals surface area contributed by atoms with Crippen LogP contribution in [0.2, 0.25) is 5.02 Å². The number of aromatic nitrogens is 3. The second-order valence-corrected chi connectivity index (χ2v) is 8.61. The summed E-state index contributed by atoms with van der Waals surface area (Å²) < 4.78 is 46.1. The van der Waals surface area contributed by atoms with Crippen LogP contribution in [0.4, 0.5) is 19.1 Å². The predicted octanol–water partition coefficient (Wildman–Crippen LogP) is 4.97. The molecule has 0 atom stereocenters. The third-order valence-electron chi connectivity index (χ3n) is 5.77. The van der Waals surface area contributed by atoms with Crippen molar-refractivity contribution in [3.63, 3.8) is 0 Å². The van der Waals surface area contributed by atoms with E-state index in [1.165, 1.54) is 29.0 Å².